The summed E-state index contributed by atoms with van der Waals surface area (Å²) < 4.78 is 5.90. The number of hydrogen-bond acceptors (Lipinski definition) is 4. The van der Waals surface area contributed by atoms with Gasteiger partial charge in [0.05, 0.1) is 11.7 Å². The summed E-state index contributed by atoms with van der Waals surface area (Å²) in [6.07, 6.45) is 1.69. The van der Waals surface area contributed by atoms with E-state index in [9.17, 15) is 9.59 Å². The normalized spacial score (nSPS) is 12.1. The van der Waals surface area contributed by atoms with E-state index >= 15 is 0 Å². The maximum atomic E-state index is 12.7. The predicted molar refractivity (Wildman–Crippen MR) is 117 cm³/mol. The Morgan fingerprint density at radius 3 is 2.13 bits per heavy atom. The number of amides is 1. The van der Waals surface area contributed by atoms with Crippen molar-refractivity contribution >= 4 is 23.3 Å². The summed E-state index contributed by atoms with van der Waals surface area (Å²) in [6, 6.07) is 18.8. The minimum absolute atomic E-state index is 0.112. The first-order chi connectivity index (χ1) is 14.3. The van der Waals surface area contributed by atoms with Crippen LogP contribution in [-0.2, 0) is 4.79 Å². The van der Waals surface area contributed by atoms with Gasteiger partial charge in [-0.3, -0.25) is 14.6 Å². The number of carbonyl (C=O) groups excluding carboxylic acids is 2. The zero-order valence-electron chi connectivity index (χ0n) is 17.1. The molecule has 0 radical (unpaired) electrons. The van der Waals surface area contributed by atoms with Gasteiger partial charge in [0.15, 0.2) is 11.4 Å². The SMILES string of the molecule is CC(NC(=O)C(C)(C)Oc1ccc(C(=O)c2ccc(Cl)cc2)cc1)c1ccccn1. The van der Waals surface area contributed by atoms with Gasteiger partial charge in [-0.25, -0.2) is 0 Å². The van der Waals surface area contributed by atoms with E-state index in [1.54, 1.807) is 68.6 Å². The molecule has 1 N–H and O–H groups in total. The van der Waals surface area contributed by atoms with Crippen LogP contribution in [0, 0.1) is 0 Å². The molecule has 5 nitrogen and oxygen atoms in total. The zero-order chi connectivity index (χ0) is 21.7. The largest absolute Gasteiger partial charge is 0.478 e. The van der Waals surface area contributed by atoms with Gasteiger partial charge < -0.3 is 10.1 Å². The molecule has 154 valence electrons. The molecular formula is C24H23ClN2O3. The van der Waals surface area contributed by atoms with Gasteiger partial charge in [0, 0.05) is 22.3 Å². The lowest BCUT2D eigenvalue weighted by Crippen LogP contribution is -2.47. The molecule has 0 fully saturated rings. The number of pyridine rings is 1. The topological polar surface area (TPSA) is 68.3 Å². The van der Waals surface area contributed by atoms with E-state index in [1.165, 1.54) is 0 Å². The van der Waals surface area contributed by atoms with Crippen molar-refractivity contribution in [3.63, 3.8) is 0 Å². The molecule has 0 bridgehead atoms. The van der Waals surface area contributed by atoms with Crippen LogP contribution in [0.25, 0.3) is 0 Å². The van der Waals surface area contributed by atoms with Crippen molar-refractivity contribution in [2.75, 3.05) is 0 Å². The lowest BCUT2D eigenvalue weighted by atomic mass is 10.0. The van der Waals surface area contributed by atoms with Gasteiger partial charge in [-0.15, -0.1) is 0 Å². The Balaban J connectivity index is 1.65. The Labute approximate surface area is 181 Å². The summed E-state index contributed by atoms with van der Waals surface area (Å²) in [4.78, 5) is 29.5. The highest BCUT2D eigenvalue weighted by atomic mass is 35.5. The van der Waals surface area contributed by atoms with E-state index in [0.29, 0.717) is 21.9 Å². The van der Waals surface area contributed by atoms with E-state index in [2.05, 4.69) is 10.3 Å². The molecule has 0 saturated carbocycles. The summed E-state index contributed by atoms with van der Waals surface area (Å²) in [5.74, 6) is 0.120. The fourth-order valence-electron chi connectivity index (χ4n) is 2.86. The number of aromatic nitrogens is 1. The monoisotopic (exact) mass is 422 g/mol. The highest BCUT2D eigenvalue weighted by Gasteiger charge is 2.31. The third-order valence-corrected chi connectivity index (χ3v) is 4.87. The van der Waals surface area contributed by atoms with Crippen molar-refractivity contribution < 1.29 is 14.3 Å². The van der Waals surface area contributed by atoms with Crippen molar-refractivity contribution in [3.8, 4) is 5.75 Å². The van der Waals surface area contributed by atoms with Crippen LogP contribution >= 0.6 is 11.6 Å². The second-order valence-electron chi connectivity index (χ2n) is 7.42. The molecule has 0 aliphatic heterocycles. The molecule has 1 atom stereocenters. The van der Waals surface area contributed by atoms with Crippen molar-refractivity contribution in [1.82, 2.24) is 10.3 Å². The zero-order valence-corrected chi connectivity index (χ0v) is 17.8. The Kier molecular flexibility index (Phi) is 6.53. The van der Waals surface area contributed by atoms with Crippen molar-refractivity contribution in [2.45, 2.75) is 32.4 Å². The Morgan fingerprint density at radius 2 is 1.57 bits per heavy atom. The number of nitrogens with zero attached hydrogens (tertiary/aromatic N) is 1. The van der Waals surface area contributed by atoms with E-state index < -0.39 is 5.60 Å². The van der Waals surface area contributed by atoms with Gasteiger partial charge in [0.2, 0.25) is 0 Å². The van der Waals surface area contributed by atoms with E-state index in [0.717, 1.165) is 5.69 Å². The van der Waals surface area contributed by atoms with Crippen LogP contribution in [0.3, 0.4) is 0 Å². The summed E-state index contributed by atoms with van der Waals surface area (Å²) >= 11 is 5.87. The highest BCUT2D eigenvalue weighted by molar-refractivity contribution is 6.30. The molecule has 0 saturated heterocycles. The minimum atomic E-state index is -1.11. The third-order valence-electron chi connectivity index (χ3n) is 4.62. The van der Waals surface area contributed by atoms with Crippen LogP contribution in [0.5, 0.6) is 5.75 Å². The van der Waals surface area contributed by atoms with Crippen molar-refractivity contribution in [3.05, 3.63) is 94.8 Å². The van der Waals surface area contributed by atoms with Gasteiger partial charge in [-0.2, -0.15) is 0 Å². The average molecular weight is 423 g/mol. The fourth-order valence-corrected chi connectivity index (χ4v) is 2.99. The molecule has 30 heavy (non-hydrogen) atoms. The fraction of sp³-hybridized carbons (Fsp3) is 0.208. The second-order valence-corrected chi connectivity index (χ2v) is 7.86. The third kappa shape index (κ3) is 5.24. The smallest absolute Gasteiger partial charge is 0.264 e. The van der Waals surface area contributed by atoms with Crippen LogP contribution < -0.4 is 10.1 Å². The number of ether oxygens (including phenoxy) is 1. The second kappa shape index (κ2) is 9.09. The van der Waals surface area contributed by atoms with Gasteiger partial charge in [0.1, 0.15) is 5.75 Å². The maximum Gasteiger partial charge on any atom is 0.264 e. The Hall–Kier alpha value is -3.18. The summed E-state index contributed by atoms with van der Waals surface area (Å²) in [5, 5.41) is 3.50. The lowest BCUT2D eigenvalue weighted by molar-refractivity contribution is -0.134. The number of rotatable bonds is 7. The first kappa shape index (κ1) is 21.5. The Morgan fingerprint density at radius 1 is 0.967 bits per heavy atom. The van der Waals surface area contributed by atoms with Crippen molar-refractivity contribution in [1.29, 1.82) is 0 Å². The molecule has 0 spiro atoms. The van der Waals surface area contributed by atoms with Gasteiger partial charge >= 0.3 is 0 Å². The van der Waals surface area contributed by atoms with Gasteiger partial charge in [0.25, 0.3) is 5.91 Å². The predicted octanol–water partition coefficient (Wildman–Crippen LogP) is 5.00. The molecule has 1 aromatic heterocycles. The van der Waals surface area contributed by atoms with Crippen molar-refractivity contribution in [2.24, 2.45) is 0 Å². The van der Waals surface area contributed by atoms with Gasteiger partial charge in [-0.1, -0.05) is 17.7 Å². The lowest BCUT2D eigenvalue weighted by Gasteiger charge is -2.27. The number of benzene rings is 2. The van der Waals surface area contributed by atoms with Crippen LogP contribution in [0.2, 0.25) is 5.02 Å². The molecular weight excluding hydrogens is 400 g/mol. The summed E-state index contributed by atoms with van der Waals surface area (Å²) in [7, 11) is 0. The van der Waals surface area contributed by atoms with Crippen LogP contribution in [0.4, 0.5) is 0 Å². The number of nitrogens with one attached hydrogen (secondary N) is 1. The highest BCUT2D eigenvalue weighted by Crippen LogP contribution is 2.22. The van der Waals surface area contributed by atoms with Crippen LogP contribution in [-0.4, -0.2) is 22.3 Å². The molecule has 0 aliphatic rings. The average Bonchev–Trinajstić information content (AvgIpc) is 2.74. The number of halogens is 1. The van der Waals surface area contributed by atoms with E-state index in [-0.39, 0.29) is 17.7 Å². The first-order valence-electron chi connectivity index (χ1n) is 9.57. The summed E-state index contributed by atoms with van der Waals surface area (Å²) in [6.45, 7) is 5.26. The molecule has 6 heteroatoms. The van der Waals surface area contributed by atoms with E-state index in [1.807, 2.05) is 25.1 Å². The van der Waals surface area contributed by atoms with E-state index in [4.69, 9.17) is 16.3 Å². The standard InChI is InChI=1S/C24H23ClN2O3/c1-16(21-6-4-5-15-26-21)27-23(29)24(2,3)30-20-13-9-18(10-14-20)22(28)17-7-11-19(25)12-8-17/h4-16H,1-3H3,(H,27,29). The molecule has 3 aromatic rings. The minimum Gasteiger partial charge on any atom is -0.478 e. The number of ketones is 1. The molecule has 2 aromatic carbocycles. The number of hydrogen-bond donors (Lipinski definition) is 1. The number of carbonyl (C=O) groups is 2. The molecule has 1 unspecified atom stereocenters. The Bertz CT molecular complexity index is 1020. The molecule has 1 amide bonds. The first-order valence-corrected chi connectivity index (χ1v) is 9.95. The molecule has 3 rings (SSSR count). The maximum absolute atomic E-state index is 12.7. The van der Waals surface area contributed by atoms with Gasteiger partial charge in [-0.05, 0) is 81.4 Å². The molecule has 1 heterocycles. The summed E-state index contributed by atoms with van der Waals surface area (Å²) in [5.41, 5.74) is 0.740. The molecule has 0 aliphatic carbocycles. The van der Waals surface area contributed by atoms with Crippen LogP contribution in [0.1, 0.15) is 48.4 Å². The quantitative estimate of drug-likeness (QED) is 0.544. The van der Waals surface area contributed by atoms with Crippen LogP contribution in [0.15, 0.2) is 72.9 Å².